The van der Waals surface area contributed by atoms with Crippen molar-refractivity contribution in [2.75, 3.05) is 13.7 Å². The summed E-state index contributed by atoms with van der Waals surface area (Å²) in [6.07, 6.45) is 0. The van der Waals surface area contributed by atoms with E-state index in [1.807, 2.05) is 0 Å². The number of fused-ring (bicyclic) bond motifs is 1. The van der Waals surface area contributed by atoms with Gasteiger partial charge < -0.3 is 9.26 Å². The van der Waals surface area contributed by atoms with Crippen molar-refractivity contribution in [2.45, 2.75) is 24.4 Å². The molecule has 0 unspecified atom stereocenters. The number of methoxy groups -OCH3 is 1. The first kappa shape index (κ1) is 21.5. The monoisotopic (exact) mass is 460 g/mol. The van der Waals surface area contributed by atoms with Gasteiger partial charge in [0.05, 0.1) is 29.8 Å². The number of benzene rings is 2. The molecule has 0 saturated heterocycles. The molecule has 4 aromatic rings. The van der Waals surface area contributed by atoms with E-state index in [-0.39, 0.29) is 17.1 Å². The minimum Gasteiger partial charge on any atom is -0.383 e. The van der Waals surface area contributed by atoms with Gasteiger partial charge in [-0.2, -0.15) is 4.98 Å². The van der Waals surface area contributed by atoms with Gasteiger partial charge in [-0.1, -0.05) is 40.7 Å². The van der Waals surface area contributed by atoms with Gasteiger partial charge in [0.15, 0.2) is 5.16 Å². The van der Waals surface area contributed by atoms with Gasteiger partial charge in [-0.25, -0.2) is 9.37 Å². The minimum atomic E-state index is -0.334. The van der Waals surface area contributed by atoms with E-state index in [0.717, 1.165) is 0 Å². The normalized spacial score (nSPS) is 11.4. The first-order valence-electron chi connectivity index (χ1n) is 9.37. The summed E-state index contributed by atoms with van der Waals surface area (Å²) < 4.78 is 25.8. The maximum Gasteiger partial charge on any atom is 0.262 e. The zero-order valence-corrected chi connectivity index (χ0v) is 18.3. The number of rotatable bonds is 7. The molecule has 0 aliphatic heterocycles. The fourth-order valence-electron chi connectivity index (χ4n) is 2.95. The number of aryl methyl sites for hydroxylation is 1. The molecule has 2 aromatic heterocycles. The maximum atomic E-state index is 13.8. The predicted molar refractivity (Wildman–Crippen MR) is 117 cm³/mol. The summed E-state index contributed by atoms with van der Waals surface area (Å²) >= 11 is 7.35. The quantitative estimate of drug-likeness (QED) is 0.297. The van der Waals surface area contributed by atoms with Crippen LogP contribution in [-0.2, 0) is 17.0 Å². The van der Waals surface area contributed by atoms with Crippen molar-refractivity contribution < 1.29 is 13.7 Å². The summed E-state index contributed by atoms with van der Waals surface area (Å²) in [5, 5.41) is 5.39. The van der Waals surface area contributed by atoms with Crippen molar-refractivity contribution in [3.8, 4) is 11.4 Å². The van der Waals surface area contributed by atoms with Gasteiger partial charge in [0.1, 0.15) is 5.82 Å². The Balaban J connectivity index is 1.61. The summed E-state index contributed by atoms with van der Waals surface area (Å²) in [6.45, 7) is 2.39. The topological polar surface area (TPSA) is 83.0 Å². The molecule has 4 rings (SSSR count). The van der Waals surface area contributed by atoms with E-state index in [0.29, 0.717) is 57.1 Å². The van der Waals surface area contributed by atoms with Crippen molar-refractivity contribution in [1.82, 2.24) is 19.7 Å². The third-order valence-corrected chi connectivity index (χ3v) is 5.82. The second-order valence-electron chi connectivity index (χ2n) is 6.77. The van der Waals surface area contributed by atoms with Gasteiger partial charge in [0, 0.05) is 17.7 Å². The van der Waals surface area contributed by atoms with Crippen LogP contribution in [0.1, 0.15) is 11.5 Å². The van der Waals surface area contributed by atoms with Crippen LogP contribution < -0.4 is 5.56 Å². The Labute approximate surface area is 186 Å². The summed E-state index contributed by atoms with van der Waals surface area (Å²) in [6, 6.07) is 9.74. The van der Waals surface area contributed by atoms with E-state index in [1.54, 1.807) is 48.9 Å². The Bertz CT molecular complexity index is 1310. The molecule has 7 nitrogen and oxygen atoms in total. The van der Waals surface area contributed by atoms with Crippen LogP contribution in [0.15, 0.2) is 50.9 Å². The van der Waals surface area contributed by atoms with Crippen LogP contribution in [0.2, 0.25) is 5.02 Å². The highest BCUT2D eigenvalue weighted by Crippen LogP contribution is 2.25. The lowest BCUT2D eigenvalue weighted by Crippen LogP contribution is -2.25. The second kappa shape index (κ2) is 9.17. The number of nitrogens with zero attached hydrogens (tertiary/aromatic N) is 4. The molecule has 0 aliphatic carbocycles. The average molecular weight is 461 g/mol. The smallest absolute Gasteiger partial charge is 0.262 e. The largest absolute Gasteiger partial charge is 0.383 e. The molecule has 0 amide bonds. The van der Waals surface area contributed by atoms with Crippen LogP contribution in [0.3, 0.4) is 0 Å². The lowest BCUT2D eigenvalue weighted by atomic mass is 10.1. The molecule has 2 heterocycles. The lowest BCUT2D eigenvalue weighted by molar-refractivity contribution is 0.183. The molecule has 10 heteroatoms. The zero-order chi connectivity index (χ0) is 22.0. The van der Waals surface area contributed by atoms with Crippen molar-refractivity contribution >= 4 is 34.3 Å². The van der Waals surface area contributed by atoms with Gasteiger partial charge in [-0.05, 0) is 36.8 Å². The van der Waals surface area contributed by atoms with E-state index >= 15 is 0 Å². The standard InChI is InChI=1S/C21H18ClFN4O3S/c1-12-3-4-13(9-16(12)23)19-25-18(30-26-19)11-31-21-24-17-10-14(22)5-6-15(17)20(28)27(21)7-8-29-2/h3-6,9-10H,7-8,11H2,1-2H3. The average Bonchev–Trinajstić information content (AvgIpc) is 3.22. The number of thioether (sulfide) groups is 1. The lowest BCUT2D eigenvalue weighted by Gasteiger charge is -2.12. The van der Waals surface area contributed by atoms with Crippen molar-refractivity contribution in [3.05, 3.63) is 69.0 Å². The molecule has 0 fully saturated rings. The first-order valence-corrected chi connectivity index (χ1v) is 10.7. The molecule has 0 spiro atoms. The van der Waals surface area contributed by atoms with Gasteiger partial charge in [-0.3, -0.25) is 9.36 Å². The zero-order valence-electron chi connectivity index (χ0n) is 16.8. The SMILES string of the molecule is COCCn1c(SCc2nc(-c3ccc(C)c(F)c3)no2)nc2cc(Cl)ccc2c1=O. The van der Waals surface area contributed by atoms with Crippen molar-refractivity contribution in [1.29, 1.82) is 0 Å². The Morgan fingerprint density at radius 2 is 2.06 bits per heavy atom. The van der Waals surface area contributed by atoms with Crippen LogP contribution in [-0.4, -0.2) is 33.4 Å². The van der Waals surface area contributed by atoms with Gasteiger partial charge >= 0.3 is 0 Å². The van der Waals surface area contributed by atoms with E-state index < -0.39 is 0 Å². The molecule has 31 heavy (non-hydrogen) atoms. The van der Waals surface area contributed by atoms with E-state index in [4.69, 9.17) is 20.9 Å². The van der Waals surface area contributed by atoms with Crippen LogP contribution in [0, 0.1) is 12.7 Å². The third-order valence-electron chi connectivity index (χ3n) is 4.62. The molecular weight excluding hydrogens is 443 g/mol. The van der Waals surface area contributed by atoms with Crippen molar-refractivity contribution in [2.24, 2.45) is 0 Å². The number of aromatic nitrogens is 4. The number of hydrogen-bond donors (Lipinski definition) is 0. The highest BCUT2D eigenvalue weighted by molar-refractivity contribution is 7.98. The van der Waals surface area contributed by atoms with Crippen LogP contribution in [0.5, 0.6) is 0 Å². The number of hydrogen-bond acceptors (Lipinski definition) is 7. The predicted octanol–water partition coefficient (Wildman–Crippen LogP) is 4.49. The molecule has 2 aromatic carbocycles. The minimum absolute atomic E-state index is 0.178. The fourth-order valence-corrected chi connectivity index (χ4v) is 3.98. The van der Waals surface area contributed by atoms with E-state index in [2.05, 4.69) is 15.1 Å². The Kier molecular flexibility index (Phi) is 6.35. The van der Waals surface area contributed by atoms with Crippen LogP contribution in [0.25, 0.3) is 22.3 Å². The first-order chi connectivity index (χ1) is 15.0. The van der Waals surface area contributed by atoms with Crippen LogP contribution >= 0.6 is 23.4 Å². The molecule has 0 radical (unpaired) electrons. The number of halogens is 2. The fraction of sp³-hybridized carbons (Fsp3) is 0.238. The maximum absolute atomic E-state index is 13.8. The van der Waals surface area contributed by atoms with Crippen molar-refractivity contribution in [3.63, 3.8) is 0 Å². The molecule has 0 aliphatic rings. The molecule has 0 N–H and O–H groups in total. The van der Waals surface area contributed by atoms with E-state index in [9.17, 15) is 9.18 Å². The van der Waals surface area contributed by atoms with Crippen LogP contribution in [0.4, 0.5) is 4.39 Å². The summed E-state index contributed by atoms with van der Waals surface area (Å²) in [7, 11) is 1.57. The summed E-state index contributed by atoms with van der Waals surface area (Å²) in [5.41, 5.74) is 1.40. The Morgan fingerprint density at radius 1 is 1.23 bits per heavy atom. The van der Waals surface area contributed by atoms with Gasteiger partial charge in [0.2, 0.25) is 11.7 Å². The molecular formula is C21H18ClFN4O3S. The number of ether oxygens (including phenoxy) is 1. The summed E-state index contributed by atoms with van der Waals surface area (Å²) in [4.78, 5) is 21.9. The van der Waals surface area contributed by atoms with Gasteiger partial charge in [-0.15, -0.1) is 0 Å². The summed E-state index contributed by atoms with van der Waals surface area (Å²) in [5.74, 6) is 0.580. The second-order valence-corrected chi connectivity index (χ2v) is 8.15. The molecule has 0 bridgehead atoms. The van der Waals surface area contributed by atoms with E-state index in [1.165, 1.54) is 17.8 Å². The third kappa shape index (κ3) is 4.63. The van der Waals surface area contributed by atoms with Gasteiger partial charge in [0.25, 0.3) is 5.56 Å². The molecule has 0 atom stereocenters. The highest BCUT2D eigenvalue weighted by Gasteiger charge is 2.15. The highest BCUT2D eigenvalue weighted by atomic mass is 35.5. The molecule has 160 valence electrons. The Hall–Kier alpha value is -2.75. The Morgan fingerprint density at radius 3 is 2.84 bits per heavy atom. The molecule has 0 saturated carbocycles.